The van der Waals surface area contributed by atoms with Gasteiger partial charge in [-0.15, -0.1) is 0 Å². The molecule has 1 heterocycles. The van der Waals surface area contributed by atoms with E-state index in [0.29, 0.717) is 23.4 Å². The number of rotatable bonds is 5. The lowest BCUT2D eigenvalue weighted by Crippen LogP contribution is -2.22. The van der Waals surface area contributed by atoms with Crippen molar-refractivity contribution in [3.05, 3.63) is 95.6 Å². The van der Waals surface area contributed by atoms with Crippen molar-refractivity contribution in [1.82, 2.24) is 10.3 Å². The zero-order valence-electron chi connectivity index (χ0n) is 13.8. The predicted molar refractivity (Wildman–Crippen MR) is 96.2 cm³/mol. The van der Waals surface area contributed by atoms with Gasteiger partial charge < -0.3 is 10.6 Å². The summed E-state index contributed by atoms with van der Waals surface area (Å²) >= 11 is 0. The third-order valence-corrected chi connectivity index (χ3v) is 3.71. The lowest BCUT2D eigenvalue weighted by molar-refractivity contribution is 0.0949. The van der Waals surface area contributed by atoms with Crippen molar-refractivity contribution >= 4 is 17.5 Å². The van der Waals surface area contributed by atoms with E-state index >= 15 is 0 Å². The van der Waals surface area contributed by atoms with Gasteiger partial charge in [0.05, 0.1) is 0 Å². The van der Waals surface area contributed by atoms with Gasteiger partial charge in [0.1, 0.15) is 5.82 Å². The van der Waals surface area contributed by atoms with Gasteiger partial charge in [-0.25, -0.2) is 4.39 Å². The zero-order valence-corrected chi connectivity index (χ0v) is 13.8. The topological polar surface area (TPSA) is 71.1 Å². The lowest BCUT2D eigenvalue weighted by Gasteiger charge is -2.08. The summed E-state index contributed by atoms with van der Waals surface area (Å²) in [4.78, 5) is 28.0. The van der Waals surface area contributed by atoms with Crippen LogP contribution in [0.3, 0.4) is 0 Å². The molecule has 0 fully saturated rings. The molecule has 0 aliphatic carbocycles. The average molecular weight is 349 g/mol. The van der Waals surface area contributed by atoms with Crippen LogP contribution in [0.4, 0.5) is 10.1 Å². The van der Waals surface area contributed by atoms with Crippen molar-refractivity contribution in [3.8, 4) is 0 Å². The molecule has 130 valence electrons. The molecule has 0 aliphatic heterocycles. The van der Waals surface area contributed by atoms with Gasteiger partial charge in [-0.2, -0.15) is 0 Å². The van der Waals surface area contributed by atoms with Crippen molar-refractivity contribution < 1.29 is 14.0 Å². The minimum atomic E-state index is -0.360. The van der Waals surface area contributed by atoms with E-state index in [0.717, 1.165) is 5.56 Å². The Balaban J connectivity index is 1.57. The number of pyridine rings is 1. The van der Waals surface area contributed by atoms with Crippen molar-refractivity contribution in [2.75, 3.05) is 5.32 Å². The Morgan fingerprint density at radius 2 is 1.42 bits per heavy atom. The van der Waals surface area contributed by atoms with Crippen molar-refractivity contribution in [2.24, 2.45) is 0 Å². The number of carbonyl (C=O) groups excluding carboxylic acids is 2. The highest BCUT2D eigenvalue weighted by atomic mass is 19.1. The number of amides is 2. The summed E-state index contributed by atoms with van der Waals surface area (Å²) in [7, 11) is 0. The number of nitrogens with zero attached hydrogens (tertiary/aromatic N) is 1. The molecule has 0 bridgehead atoms. The molecule has 0 spiro atoms. The first-order valence-electron chi connectivity index (χ1n) is 7.96. The zero-order chi connectivity index (χ0) is 18.4. The molecule has 0 saturated heterocycles. The highest BCUT2D eigenvalue weighted by Crippen LogP contribution is 2.11. The number of halogens is 1. The number of nitrogens with one attached hydrogen (secondary N) is 2. The summed E-state index contributed by atoms with van der Waals surface area (Å²) in [5, 5.41) is 5.50. The Hall–Kier alpha value is -3.54. The molecule has 0 radical (unpaired) electrons. The normalized spacial score (nSPS) is 10.2. The van der Waals surface area contributed by atoms with E-state index in [4.69, 9.17) is 0 Å². The molecule has 2 amide bonds. The summed E-state index contributed by atoms with van der Waals surface area (Å²) in [5.74, 6) is -0.837. The molecule has 5 nitrogen and oxygen atoms in total. The number of anilines is 1. The molecule has 3 aromatic rings. The van der Waals surface area contributed by atoms with Crippen LogP contribution in [-0.4, -0.2) is 16.8 Å². The van der Waals surface area contributed by atoms with Crippen LogP contribution < -0.4 is 10.6 Å². The van der Waals surface area contributed by atoms with Gasteiger partial charge >= 0.3 is 0 Å². The summed E-state index contributed by atoms with van der Waals surface area (Å²) in [5.41, 5.74) is 2.39. The summed E-state index contributed by atoms with van der Waals surface area (Å²) in [6, 6.07) is 15.7. The second-order valence-corrected chi connectivity index (χ2v) is 5.58. The van der Waals surface area contributed by atoms with Crippen LogP contribution in [0.15, 0.2) is 73.1 Å². The van der Waals surface area contributed by atoms with E-state index in [-0.39, 0.29) is 17.6 Å². The van der Waals surface area contributed by atoms with Crippen molar-refractivity contribution in [1.29, 1.82) is 0 Å². The van der Waals surface area contributed by atoms with E-state index in [2.05, 4.69) is 15.6 Å². The van der Waals surface area contributed by atoms with Gasteiger partial charge in [0, 0.05) is 35.8 Å². The Kier molecular flexibility index (Phi) is 5.34. The molecule has 6 heteroatoms. The number of hydrogen-bond acceptors (Lipinski definition) is 3. The van der Waals surface area contributed by atoms with Gasteiger partial charge in [-0.3, -0.25) is 14.6 Å². The Bertz CT molecular complexity index is 895. The summed E-state index contributed by atoms with van der Waals surface area (Å²) < 4.78 is 12.9. The molecule has 0 aliphatic rings. The smallest absolute Gasteiger partial charge is 0.255 e. The van der Waals surface area contributed by atoms with Gasteiger partial charge in [-0.1, -0.05) is 12.1 Å². The molecule has 3 rings (SSSR count). The first-order valence-corrected chi connectivity index (χ1v) is 7.96. The van der Waals surface area contributed by atoms with E-state index in [1.165, 1.54) is 24.3 Å². The fourth-order valence-corrected chi connectivity index (χ4v) is 2.30. The SMILES string of the molecule is O=C(NCc1ccc(C(=O)Nc2ccc(F)cc2)cc1)c1ccncc1. The van der Waals surface area contributed by atoms with Crippen LogP contribution in [0.5, 0.6) is 0 Å². The number of benzene rings is 2. The third kappa shape index (κ3) is 4.51. The van der Waals surface area contributed by atoms with E-state index in [9.17, 15) is 14.0 Å². The van der Waals surface area contributed by atoms with Crippen LogP contribution in [0.1, 0.15) is 26.3 Å². The van der Waals surface area contributed by atoms with Crippen LogP contribution in [-0.2, 0) is 6.54 Å². The number of carbonyl (C=O) groups is 2. The maximum Gasteiger partial charge on any atom is 0.255 e. The quantitative estimate of drug-likeness (QED) is 0.742. The first kappa shape index (κ1) is 17.3. The predicted octanol–water partition coefficient (Wildman–Crippen LogP) is 3.40. The van der Waals surface area contributed by atoms with E-state index < -0.39 is 0 Å². The number of aromatic nitrogens is 1. The first-order chi connectivity index (χ1) is 12.6. The highest BCUT2D eigenvalue weighted by Gasteiger charge is 2.07. The van der Waals surface area contributed by atoms with Crippen LogP contribution in [0.25, 0.3) is 0 Å². The van der Waals surface area contributed by atoms with Gasteiger partial charge in [-0.05, 0) is 54.1 Å². The molecule has 26 heavy (non-hydrogen) atoms. The minimum Gasteiger partial charge on any atom is -0.348 e. The average Bonchev–Trinajstić information content (AvgIpc) is 2.69. The lowest BCUT2D eigenvalue weighted by atomic mass is 10.1. The standard InChI is InChI=1S/C20H16FN3O2/c21-17-5-7-18(8-6-17)24-20(26)15-3-1-14(2-4-15)13-23-19(25)16-9-11-22-12-10-16/h1-12H,13H2,(H,23,25)(H,24,26). The highest BCUT2D eigenvalue weighted by molar-refractivity contribution is 6.04. The summed E-state index contributed by atoms with van der Waals surface area (Å²) in [6.45, 7) is 0.348. The van der Waals surface area contributed by atoms with Gasteiger partial charge in [0.25, 0.3) is 11.8 Å². The largest absolute Gasteiger partial charge is 0.348 e. The molecule has 2 N–H and O–H groups in total. The Labute approximate surface area is 149 Å². The third-order valence-electron chi connectivity index (χ3n) is 3.71. The van der Waals surface area contributed by atoms with Crippen molar-refractivity contribution in [2.45, 2.75) is 6.54 Å². The second-order valence-electron chi connectivity index (χ2n) is 5.58. The second kappa shape index (κ2) is 8.02. The summed E-state index contributed by atoms with van der Waals surface area (Å²) in [6.07, 6.45) is 3.12. The van der Waals surface area contributed by atoms with Gasteiger partial charge in [0.15, 0.2) is 0 Å². The number of hydrogen-bond donors (Lipinski definition) is 2. The minimum absolute atomic E-state index is 0.189. The molecule has 0 saturated carbocycles. The fourth-order valence-electron chi connectivity index (χ4n) is 2.30. The molecular formula is C20H16FN3O2. The molecule has 2 aromatic carbocycles. The maximum absolute atomic E-state index is 12.9. The fraction of sp³-hybridized carbons (Fsp3) is 0.0500. The molecule has 0 unspecified atom stereocenters. The molecule has 0 atom stereocenters. The van der Waals surface area contributed by atoms with Crippen LogP contribution in [0, 0.1) is 5.82 Å². The van der Waals surface area contributed by atoms with Crippen LogP contribution in [0.2, 0.25) is 0 Å². The van der Waals surface area contributed by atoms with E-state index in [1.807, 2.05) is 0 Å². The maximum atomic E-state index is 12.9. The monoisotopic (exact) mass is 349 g/mol. The molecule has 1 aromatic heterocycles. The van der Waals surface area contributed by atoms with Crippen molar-refractivity contribution in [3.63, 3.8) is 0 Å². The van der Waals surface area contributed by atoms with E-state index in [1.54, 1.807) is 48.8 Å². The molecular weight excluding hydrogens is 333 g/mol. The Morgan fingerprint density at radius 3 is 2.08 bits per heavy atom. The Morgan fingerprint density at radius 1 is 0.808 bits per heavy atom. The van der Waals surface area contributed by atoms with Gasteiger partial charge in [0.2, 0.25) is 0 Å². The van der Waals surface area contributed by atoms with Crippen LogP contribution >= 0.6 is 0 Å².